The molecule has 1 unspecified atom stereocenters. The predicted octanol–water partition coefficient (Wildman–Crippen LogP) is 5.75. The number of esters is 1. The van der Waals surface area contributed by atoms with Gasteiger partial charge >= 0.3 is 12.1 Å². The number of halogens is 4. The van der Waals surface area contributed by atoms with E-state index in [0.717, 1.165) is 29.6 Å². The maximum Gasteiger partial charge on any atom is 0.419 e. The van der Waals surface area contributed by atoms with E-state index in [1.165, 1.54) is 14.2 Å². The Bertz CT molecular complexity index is 1090. The minimum Gasteiger partial charge on any atom is -0.496 e. The number of nitrogens with zero attached hydrogens (tertiary/aromatic N) is 1. The highest BCUT2D eigenvalue weighted by molar-refractivity contribution is 9.10. The Balaban J connectivity index is 1.70. The van der Waals surface area contributed by atoms with Crippen LogP contribution in [0, 0.1) is 11.8 Å². The maximum absolute atomic E-state index is 13.9. The normalized spacial score (nSPS) is 18.8. The van der Waals surface area contributed by atoms with Crippen molar-refractivity contribution < 1.29 is 32.2 Å². The molecule has 196 valence electrons. The van der Waals surface area contributed by atoms with Crippen molar-refractivity contribution in [2.75, 3.05) is 26.1 Å². The molecule has 1 aromatic carbocycles. The van der Waals surface area contributed by atoms with E-state index in [0.29, 0.717) is 30.7 Å². The van der Waals surface area contributed by atoms with Crippen LogP contribution in [0.4, 0.5) is 19.0 Å². The number of carbonyl (C=O) groups excluding carboxylic acids is 2. The van der Waals surface area contributed by atoms with Gasteiger partial charge in [-0.15, -0.1) is 0 Å². The molecule has 0 bridgehead atoms. The Morgan fingerprint density at radius 3 is 2.47 bits per heavy atom. The van der Waals surface area contributed by atoms with E-state index in [-0.39, 0.29) is 29.2 Å². The molecule has 0 spiro atoms. The first-order valence-corrected chi connectivity index (χ1v) is 12.4. The average molecular weight is 572 g/mol. The summed E-state index contributed by atoms with van der Waals surface area (Å²) in [5, 5.41) is 5.51. The van der Waals surface area contributed by atoms with Crippen LogP contribution in [-0.2, 0) is 15.7 Å². The number of ether oxygens (including phenoxy) is 2. The molecule has 2 N–H and O–H groups in total. The first kappa shape index (κ1) is 27.8. The molecule has 1 atom stereocenters. The quantitative estimate of drug-likeness (QED) is 0.392. The third kappa shape index (κ3) is 6.89. The van der Waals surface area contributed by atoms with Crippen LogP contribution in [0.5, 0.6) is 5.75 Å². The lowest BCUT2D eigenvalue weighted by Gasteiger charge is -2.27. The first-order chi connectivity index (χ1) is 17.0. The zero-order chi connectivity index (χ0) is 26.5. The monoisotopic (exact) mass is 571 g/mol. The highest BCUT2D eigenvalue weighted by Gasteiger charge is 2.36. The number of pyridine rings is 1. The number of hydrogen-bond donors (Lipinski definition) is 2. The molecule has 1 saturated carbocycles. The zero-order valence-corrected chi connectivity index (χ0v) is 21.8. The molecular weight excluding hydrogens is 543 g/mol. The lowest BCUT2D eigenvalue weighted by Crippen LogP contribution is -2.33. The minimum absolute atomic E-state index is 0.139. The standard InChI is InChI=1S/C25H29BrF3N3O4/c1-14(19-11-18(26)8-9-21(19)35-2)32-22-20(25(27,28)29)10-17(13-30-22)23(33)31-12-15-4-6-16(7-5-15)24(34)36-3/h8-11,13-16H,4-7,12H2,1-3H3,(H,30,32)(H,31,33). The largest absolute Gasteiger partial charge is 0.496 e. The van der Waals surface area contributed by atoms with Crippen LogP contribution in [0.2, 0.25) is 0 Å². The van der Waals surface area contributed by atoms with Gasteiger partial charge in [0.2, 0.25) is 0 Å². The molecular formula is C25H29BrF3N3O4. The van der Waals surface area contributed by atoms with Gasteiger partial charge in [-0.25, -0.2) is 4.98 Å². The number of methoxy groups -OCH3 is 2. The minimum atomic E-state index is -4.72. The summed E-state index contributed by atoms with van der Waals surface area (Å²) in [6.07, 6.45) is -0.814. The van der Waals surface area contributed by atoms with Gasteiger partial charge in [-0.2, -0.15) is 13.2 Å². The maximum atomic E-state index is 13.9. The van der Waals surface area contributed by atoms with Crippen molar-refractivity contribution in [2.24, 2.45) is 11.8 Å². The molecule has 1 aliphatic rings. The molecule has 0 aliphatic heterocycles. The Hall–Kier alpha value is -2.82. The Morgan fingerprint density at radius 2 is 1.86 bits per heavy atom. The van der Waals surface area contributed by atoms with Gasteiger partial charge in [-0.05, 0) is 62.8 Å². The molecule has 0 radical (unpaired) electrons. The zero-order valence-electron chi connectivity index (χ0n) is 20.2. The Morgan fingerprint density at radius 1 is 1.17 bits per heavy atom. The summed E-state index contributed by atoms with van der Waals surface area (Å²) in [5.74, 6) is -0.717. The van der Waals surface area contributed by atoms with Crippen molar-refractivity contribution >= 4 is 33.6 Å². The molecule has 11 heteroatoms. The second-order valence-corrected chi connectivity index (χ2v) is 9.74. The first-order valence-electron chi connectivity index (χ1n) is 11.6. The van der Waals surface area contributed by atoms with Crippen LogP contribution in [0.1, 0.15) is 60.1 Å². The Kier molecular flexibility index (Phi) is 9.21. The summed E-state index contributed by atoms with van der Waals surface area (Å²) >= 11 is 3.36. The van der Waals surface area contributed by atoms with Crippen molar-refractivity contribution in [1.82, 2.24) is 10.3 Å². The number of anilines is 1. The molecule has 3 rings (SSSR count). The van der Waals surface area contributed by atoms with Gasteiger partial charge < -0.3 is 20.1 Å². The third-order valence-corrected chi connectivity index (χ3v) is 6.89. The number of amides is 1. The lowest BCUT2D eigenvalue weighted by molar-refractivity contribution is -0.146. The summed E-state index contributed by atoms with van der Waals surface area (Å²) < 4.78 is 52.5. The number of benzene rings is 1. The third-order valence-electron chi connectivity index (χ3n) is 6.40. The second kappa shape index (κ2) is 11.9. The van der Waals surface area contributed by atoms with E-state index in [1.807, 2.05) is 0 Å². The van der Waals surface area contributed by atoms with Crippen molar-refractivity contribution in [2.45, 2.75) is 44.8 Å². The van der Waals surface area contributed by atoms with E-state index in [4.69, 9.17) is 9.47 Å². The van der Waals surface area contributed by atoms with Crippen LogP contribution in [0.15, 0.2) is 34.9 Å². The fourth-order valence-corrected chi connectivity index (χ4v) is 4.73. The molecule has 7 nitrogen and oxygen atoms in total. The number of aromatic nitrogens is 1. The summed E-state index contributed by atoms with van der Waals surface area (Å²) in [6.45, 7) is 2.01. The molecule has 0 saturated heterocycles. The van der Waals surface area contributed by atoms with Crippen LogP contribution in [-0.4, -0.2) is 37.6 Å². The smallest absolute Gasteiger partial charge is 0.419 e. The van der Waals surface area contributed by atoms with Gasteiger partial charge in [-0.1, -0.05) is 15.9 Å². The highest BCUT2D eigenvalue weighted by atomic mass is 79.9. The molecule has 1 fully saturated rings. The van der Waals surface area contributed by atoms with Gasteiger partial charge in [0.05, 0.1) is 37.3 Å². The van der Waals surface area contributed by atoms with Crippen LogP contribution in [0.25, 0.3) is 0 Å². The lowest BCUT2D eigenvalue weighted by atomic mass is 9.82. The summed E-state index contributed by atoms with van der Waals surface area (Å²) in [4.78, 5) is 28.2. The molecule has 1 aromatic heterocycles. The van der Waals surface area contributed by atoms with Gasteiger partial charge in [-0.3, -0.25) is 9.59 Å². The molecule has 1 aliphatic carbocycles. The number of rotatable bonds is 8. The SMILES string of the molecule is COC(=O)C1CCC(CNC(=O)c2cnc(NC(C)c3cc(Br)ccc3OC)c(C(F)(F)F)c2)CC1. The average Bonchev–Trinajstić information content (AvgIpc) is 2.86. The van der Waals surface area contributed by atoms with Crippen molar-refractivity contribution in [3.05, 3.63) is 51.6 Å². The van der Waals surface area contributed by atoms with Gasteiger partial charge in [0, 0.05) is 22.8 Å². The van der Waals surface area contributed by atoms with Crippen LogP contribution in [0.3, 0.4) is 0 Å². The van der Waals surface area contributed by atoms with Gasteiger partial charge in [0.15, 0.2) is 0 Å². The number of carbonyl (C=O) groups is 2. The Labute approximate surface area is 216 Å². The summed E-state index contributed by atoms with van der Waals surface area (Å²) in [6, 6.07) is 5.48. The molecule has 2 aromatic rings. The van der Waals surface area contributed by atoms with Crippen molar-refractivity contribution in [3.63, 3.8) is 0 Å². The van der Waals surface area contributed by atoms with Crippen molar-refractivity contribution in [1.29, 1.82) is 0 Å². The van der Waals surface area contributed by atoms with E-state index in [1.54, 1.807) is 25.1 Å². The molecule has 1 amide bonds. The molecule has 1 heterocycles. The summed E-state index contributed by atoms with van der Waals surface area (Å²) in [7, 11) is 2.84. The van der Waals surface area contributed by atoms with Crippen molar-refractivity contribution in [3.8, 4) is 5.75 Å². The van der Waals surface area contributed by atoms with Gasteiger partial charge in [0.1, 0.15) is 11.6 Å². The fourth-order valence-electron chi connectivity index (χ4n) is 4.35. The fraction of sp³-hybridized carbons (Fsp3) is 0.480. The second-order valence-electron chi connectivity index (χ2n) is 8.82. The number of nitrogens with one attached hydrogen (secondary N) is 2. The van der Waals surface area contributed by atoms with E-state index < -0.39 is 23.7 Å². The summed E-state index contributed by atoms with van der Waals surface area (Å²) in [5.41, 5.74) is -0.566. The van der Waals surface area contributed by atoms with E-state index in [9.17, 15) is 22.8 Å². The number of alkyl halides is 3. The molecule has 36 heavy (non-hydrogen) atoms. The van der Waals surface area contributed by atoms with Crippen LogP contribution < -0.4 is 15.4 Å². The topological polar surface area (TPSA) is 89.5 Å². The van der Waals surface area contributed by atoms with E-state index in [2.05, 4.69) is 31.5 Å². The number of hydrogen-bond acceptors (Lipinski definition) is 6. The van der Waals surface area contributed by atoms with E-state index >= 15 is 0 Å². The van der Waals surface area contributed by atoms with Gasteiger partial charge in [0.25, 0.3) is 5.91 Å². The predicted molar refractivity (Wildman–Crippen MR) is 132 cm³/mol. The van der Waals surface area contributed by atoms with Crippen LogP contribution >= 0.6 is 15.9 Å². The highest BCUT2D eigenvalue weighted by Crippen LogP contribution is 2.37.